The van der Waals surface area contributed by atoms with Crippen LogP contribution in [0.1, 0.15) is 35.7 Å². The number of piperidine rings is 1. The van der Waals surface area contributed by atoms with E-state index < -0.39 is 10.0 Å². The first kappa shape index (κ1) is 19.5. The van der Waals surface area contributed by atoms with Crippen LogP contribution in [0.3, 0.4) is 0 Å². The molecule has 0 bridgehead atoms. The summed E-state index contributed by atoms with van der Waals surface area (Å²) in [7, 11) is -3.53. The molecule has 0 unspecified atom stereocenters. The first-order valence-electron chi connectivity index (χ1n) is 8.91. The van der Waals surface area contributed by atoms with Crippen LogP contribution in [0.4, 0.5) is 0 Å². The topological polar surface area (TPSA) is 105 Å². The summed E-state index contributed by atoms with van der Waals surface area (Å²) < 4.78 is 32.1. The number of aromatic nitrogens is 2. The van der Waals surface area contributed by atoms with Crippen molar-refractivity contribution < 1.29 is 17.7 Å². The van der Waals surface area contributed by atoms with Gasteiger partial charge in [-0.2, -0.15) is 9.29 Å². The molecule has 1 aromatic heterocycles. The summed E-state index contributed by atoms with van der Waals surface area (Å²) in [6.45, 7) is 6.39. The lowest BCUT2D eigenvalue weighted by molar-refractivity contribution is -0.126. The standard InChI is InChI=1S/C18H24N4O4S/c1-12-4-5-16(10-13(12)2)27(24,25)22-8-6-15(7-9-22)18(23)19-11-17-20-14(3)21-26-17/h4-5,10,15H,6-9,11H2,1-3H3,(H,19,23). The minimum atomic E-state index is -3.53. The fourth-order valence-corrected chi connectivity index (χ4v) is 4.66. The van der Waals surface area contributed by atoms with Crippen molar-refractivity contribution in [3.05, 3.63) is 41.0 Å². The molecule has 1 amide bonds. The molecule has 2 heterocycles. The number of hydrogen-bond donors (Lipinski definition) is 1. The maximum Gasteiger partial charge on any atom is 0.246 e. The van der Waals surface area contributed by atoms with Crippen LogP contribution in [0.2, 0.25) is 0 Å². The van der Waals surface area contributed by atoms with E-state index in [0.29, 0.717) is 42.5 Å². The Morgan fingerprint density at radius 1 is 1.22 bits per heavy atom. The molecule has 8 nitrogen and oxygen atoms in total. The van der Waals surface area contributed by atoms with Crippen molar-refractivity contribution >= 4 is 15.9 Å². The van der Waals surface area contributed by atoms with E-state index in [0.717, 1.165) is 11.1 Å². The lowest BCUT2D eigenvalue weighted by atomic mass is 9.97. The van der Waals surface area contributed by atoms with Gasteiger partial charge >= 0.3 is 0 Å². The average molecular weight is 392 g/mol. The van der Waals surface area contributed by atoms with Crippen LogP contribution in [0.25, 0.3) is 0 Å². The second kappa shape index (κ2) is 7.77. The van der Waals surface area contributed by atoms with Crippen molar-refractivity contribution in [1.29, 1.82) is 0 Å². The molecule has 1 aliphatic rings. The Hall–Kier alpha value is -2.26. The van der Waals surface area contributed by atoms with Crippen LogP contribution in [0.15, 0.2) is 27.6 Å². The monoisotopic (exact) mass is 392 g/mol. The average Bonchev–Trinajstić information content (AvgIpc) is 3.07. The number of carbonyl (C=O) groups excluding carboxylic acids is 1. The third kappa shape index (κ3) is 4.36. The van der Waals surface area contributed by atoms with Crippen molar-refractivity contribution in [2.75, 3.05) is 13.1 Å². The molecule has 0 radical (unpaired) electrons. The molecule has 1 aliphatic heterocycles. The SMILES string of the molecule is Cc1noc(CNC(=O)C2CCN(S(=O)(=O)c3ccc(C)c(C)c3)CC2)n1. The van der Waals surface area contributed by atoms with Gasteiger partial charge in [0.15, 0.2) is 5.82 Å². The van der Waals surface area contributed by atoms with E-state index in [1.54, 1.807) is 19.1 Å². The molecule has 27 heavy (non-hydrogen) atoms. The number of aryl methyl sites for hydroxylation is 3. The summed E-state index contributed by atoms with van der Waals surface area (Å²) in [5.74, 6) is 0.536. The van der Waals surface area contributed by atoms with Gasteiger partial charge in [-0.15, -0.1) is 0 Å². The van der Waals surface area contributed by atoms with Gasteiger partial charge in [-0.25, -0.2) is 8.42 Å². The fourth-order valence-electron chi connectivity index (χ4n) is 3.10. The first-order valence-corrected chi connectivity index (χ1v) is 10.4. The highest BCUT2D eigenvalue weighted by Gasteiger charge is 2.32. The first-order chi connectivity index (χ1) is 12.8. The molecule has 1 N–H and O–H groups in total. The van der Waals surface area contributed by atoms with Crippen LogP contribution in [0.5, 0.6) is 0 Å². The number of amides is 1. The Labute approximate surface area is 159 Å². The minimum absolute atomic E-state index is 0.117. The number of nitrogens with zero attached hydrogens (tertiary/aromatic N) is 3. The van der Waals surface area contributed by atoms with Gasteiger partial charge < -0.3 is 9.84 Å². The molecular weight excluding hydrogens is 368 g/mol. The molecule has 9 heteroatoms. The second-order valence-electron chi connectivity index (χ2n) is 6.88. The van der Waals surface area contributed by atoms with Gasteiger partial charge in [0.05, 0.1) is 11.4 Å². The molecule has 3 rings (SSSR count). The Morgan fingerprint density at radius 2 is 1.93 bits per heavy atom. The number of benzene rings is 1. The summed E-state index contributed by atoms with van der Waals surface area (Å²) in [6.07, 6.45) is 0.970. The predicted octanol–water partition coefficient (Wildman–Crippen LogP) is 1.71. The van der Waals surface area contributed by atoms with E-state index in [2.05, 4.69) is 15.5 Å². The number of rotatable bonds is 5. The summed E-state index contributed by atoms with van der Waals surface area (Å²) in [4.78, 5) is 16.7. The zero-order valence-corrected chi connectivity index (χ0v) is 16.5. The normalized spacial score (nSPS) is 16.4. The third-order valence-corrected chi connectivity index (χ3v) is 6.82. The number of hydrogen-bond acceptors (Lipinski definition) is 6. The molecule has 146 valence electrons. The lowest BCUT2D eigenvalue weighted by Gasteiger charge is -2.30. The van der Waals surface area contributed by atoms with Gasteiger partial charge in [0.2, 0.25) is 21.8 Å². The Morgan fingerprint density at radius 3 is 2.52 bits per heavy atom. The summed E-state index contributed by atoms with van der Waals surface area (Å²) in [6, 6.07) is 5.17. The lowest BCUT2D eigenvalue weighted by Crippen LogP contribution is -2.42. The fraction of sp³-hybridized carbons (Fsp3) is 0.500. The van der Waals surface area contributed by atoms with Crippen molar-refractivity contribution in [1.82, 2.24) is 19.8 Å². The van der Waals surface area contributed by atoms with E-state index in [1.807, 2.05) is 19.9 Å². The van der Waals surface area contributed by atoms with E-state index in [1.165, 1.54) is 4.31 Å². The van der Waals surface area contributed by atoms with Crippen molar-refractivity contribution in [2.45, 2.75) is 45.1 Å². The maximum atomic E-state index is 12.8. The van der Waals surface area contributed by atoms with Gasteiger partial charge in [0, 0.05) is 19.0 Å². The highest BCUT2D eigenvalue weighted by Crippen LogP contribution is 2.25. The van der Waals surface area contributed by atoms with Crippen molar-refractivity contribution in [2.24, 2.45) is 5.92 Å². The molecular formula is C18H24N4O4S. The van der Waals surface area contributed by atoms with Crippen LogP contribution >= 0.6 is 0 Å². The van der Waals surface area contributed by atoms with Gasteiger partial charge in [-0.05, 0) is 56.9 Å². The summed E-state index contributed by atoms with van der Waals surface area (Å²) >= 11 is 0. The van der Waals surface area contributed by atoms with Crippen LogP contribution in [0, 0.1) is 26.7 Å². The van der Waals surface area contributed by atoms with Crippen LogP contribution in [-0.2, 0) is 21.4 Å². The molecule has 0 atom stereocenters. The van der Waals surface area contributed by atoms with E-state index >= 15 is 0 Å². The molecule has 1 fully saturated rings. The largest absolute Gasteiger partial charge is 0.347 e. The smallest absolute Gasteiger partial charge is 0.246 e. The number of carbonyl (C=O) groups is 1. The molecule has 2 aromatic rings. The van der Waals surface area contributed by atoms with Crippen molar-refractivity contribution in [3.8, 4) is 0 Å². The van der Waals surface area contributed by atoms with E-state index in [9.17, 15) is 13.2 Å². The Kier molecular flexibility index (Phi) is 5.61. The van der Waals surface area contributed by atoms with Gasteiger partial charge in [0.25, 0.3) is 0 Å². The predicted molar refractivity (Wildman–Crippen MR) is 98.3 cm³/mol. The highest BCUT2D eigenvalue weighted by atomic mass is 32.2. The zero-order valence-electron chi connectivity index (χ0n) is 15.7. The highest BCUT2D eigenvalue weighted by molar-refractivity contribution is 7.89. The molecule has 0 saturated carbocycles. The van der Waals surface area contributed by atoms with E-state index in [4.69, 9.17) is 4.52 Å². The van der Waals surface area contributed by atoms with Crippen molar-refractivity contribution in [3.63, 3.8) is 0 Å². The molecule has 0 spiro atoms. The number of sulfonamides is 1. The minimum Gasteiger partial charge on any atom is -0.347 e. The molecule has 1 aromatic carbocycles. The quantitative estimate of drug-likeness (QED) is 0.830. The Bertz CT molecular complexity index is 931. The summed E-state index contributed by atoms with van der Waals surface area (Å²) in [5.41, 5.74) is 2.00. The van der Waals surface area contributed by atoms with Gasteiger partial charge in [-0.1, -0.05) is 11.2 Å². The summed E-state index contributed by atoms with van der Waals surface area (Å²) in [5, 5.41) is 6.45. The molecule has 1 saturated heterocycles. The van der Waals surface area contributed by atoms with Crippen LogP contribution < -0.4 is 5.32 Å². The van der Waals surface area contributed by atoms with E-state index in [-0.39, 0.29) is 18.4 Å². The zero-order chi connectivity index (χ0) is 19.6. The third-order valence-electron chi connectivity index (χ3n) is 4.92. The van der Waals surface area contributed by atoms with Crippen LogP contribution in [-0.4, -0.2) is 41.9 Å². The second-order valence-corrected chi connectivity index (χ2v) is 8.82. The number of nitrogens with one attached hydrogen (secondary N) is 1. The van der Waals surface area contributed by atoms with Gasteiger partial charge in [-0.3, -0.25) is 4.79 Å². The Balaban J connectivity index is 1.57. The maximum absolute atomic E-state index is 12.8. The molecule has 0 aliphatic carbocycles. The van der Waals surface area contributed by atoms with Gasteiger partial charge in [0.1, 0.15) is 0 Å².